The number of nitrogens with one attached hydrogen (secondary N) is 1. The molecule has 86 valence electrons. The molecule has 0 radical (unpaired) electrons. The molecule has 3 rings (SSSR count). The Morgan fingerprint density at radius 2 is 2.50 bits per heavy atom. The molecule has 0 spiro atoms. The first-order chi connectivity index (χ1) is 7.83. The standard InChI is InChI=1S/C11H16N4O/c12-9-6-13-2-1-10(9)16-8-5-11-14-3-4-15(11)7-8/h1-2,6,8,11,14H,3-5,7,12H2/t8-,11?/m1/s1. The van der Waals surface area contributed by atoms with E-state index in [9.17, 15) is 0 Å². The van der Waals surface area contributed by atoms with Gasteiger partial charge in [-0.2, -0.15) is 0 Å². The normalized spacial score (nSPS) is 29.2. The Bertz CT molecular complexity index is 372. The van der Waals surface area contributed by atoms with Gasteiger partial charge in [0.15, 0.2) is 0 Å². The van der Waals surface area contributed by atoms with E-state index >= 15 is 0 Å². The lowest BCUT2D eigenvalue weighted by molar-refractivity contribution is 0.204. The maximum absolute atomic E-state index is 5.90. The average molecular weight is 220 g/mol. The fourth-order valence-corrected chi connectivity index (χ4v) is 2.46. The summed E-state index contributed by atoms with van der Waals surface area (Å²) in [5.74, 6) is 0.751. The molecule has 2 fully saturated rings. The molecule has 5 nitrogen and oxygen atoms in total. The smallest absolute Gasteiger partial charge is 0.145 e. The van der Waals surface area contributed by atoms with Crippen LogP contribution in [0.25, 0.3) is 0 Å². The van der Waals surface area contributed by atoms with E-state index in [4.69, 9.17) is 10.5 Å². The van der Waals surface area contributed by atoms with Crippen LogP contribution in [0.3, 0.4) is 0 Å². The second kappa shape index (κ2) is 3.92. The first kappa shape index (κ1) is 9.86. The van der Waals surface area contributed by atoms with Gasteiger partial charge in [-0.05, 0) is 0 Å². The molecule has 0 aromatic carbocycles. The fourth-order valence-electron chi connectivity index (χ4n) is 2.46. The van der Waals surface area contributed by atoms with Crippen molar-refractivity contribution >= 4 is 5.69 Å². The molecule has 1 unspecified atom stereocenters. The van der Waals surface area contributed by atoms with E-state index in [1.807, 2.05) is 6.07 Å². The lowest BCUT2D eigenvalue weighted by atomic mass is 10.3. The highest BCUT2D eigenvalue weighted by atomic mass is 16.5. The SMILES string of the molecule is Nc1cnccc1O[C@@H]1CC2NCCN2C1. The van der Waals surface area contributed by atoms with Gasteiger partial charge in [-0.25, -0.2) is 0 Å². The van der Waals surface area contributed by atoms with Crippen LogP contribution in [-0.4, -0.2) is 41.8 Å². The molecule has 3 N–H and O–H groups in total. The Morgan fingerprint density at radius 3 is 3.31 bits per heavy atom. The lowest BCUT2D eigenvalue weighted by Crippen LogP contribution is -2.28. The molecule has 2 saturated heterocycles. The Hall–Kier alpha value is -1.33. The molecule has 0 aliphatic carbocycles. The average Bonchev–Trinajstić information content (AvgIpc) is 2.81. The van der Waals surface area contributed by atoms with Crippen molar-refractivity contribution in [1.82, 2.24) is 15.2 Å². The number of hydrogen-bond donors (Lipinski definition) is 2. The summed E-state index contributed by atoms with van der Waals surface area (Å²) in [6, 6.07) is 1.83. The number of rotatable bonds is 2. The summed E-state index contributed by atoms with van der Waals surface area (Å²) in [6.07, 6.45) is 5.10. The van der Waals surface area contributed by atoms with Crippen molar-refractivity contribution in [1.29, 1.82) is 0 Å². The van der Waals surface area contributed by atoms with Gasteiger partial charge in [-0.1, -0.05) is 0 Å². The van der Waals surface area contributed by atoms with Crippen LogP contribution >= 0.6 is 0 Å². The van der Waals surface area contributed by atoms with Gasteiger partial charge >= 0.3 is 0 Å². The van der Waals surface area contributed by atoms with Gasteiger partial charge in [0.25, 0.3) is 0 Å². The van der Waals surface area contributed by atoms with Crippen LogP contribution in [0.4, 0.5) is 5.69 Å². The third kappa shape index (κ3) is 1.72. The highest BCUT2D eigenvalue weighted by molar-refractivity contribution is 5.49. The van der Waals surface area contributed by atoms with E-state index in [2.05, 4.69) is 15.2 Å². The number of hydrogen-bond acceptors (Lipinski definition) is 5. The van der Waals surface area contributed by atoms with Gasteiger partial charge in [0, 0.05) is 38.3 Å². The number of pyridine rings is 1. The third-order valence-corrected chi connectivity index (χ3v) is 3.25. The summed E-state index contributed by atoms with van der Waals surface area (Å²) in [5, 5.41) is 3.45. The minimum absolute atomic E-state index is 0.238. The Kier molecular flexibility index (Phi) is 2.41. The Labute approximate surface area is 94.6 Å². The number of aromatic nitrogens is 1. The molecule has 2 aliphatic rings. The topological polar surface area (TPSA) is 63.4 Å². The summed E-state index contributed by atoms with van der Waals surface area (Å²) < 4.78 is 5.90. The number of nitrogens with zero attached hydrogens (tertiary/aromatic N) is 2. The summed E-state index contributed by atoms with van der Waals surface area (Å²) >= 11 is 0. The van der Waals surface area contributed by atoms with Crippen molar-refractivity contribution in [2.45, 2.75) is 18.7 Å². The number of ether oxygens (including phenoxy) is 1. The monoisotopic (exact) mass is 220 g/mol. The molecular formula is C11H16N4O. The predicted octanol–water partition coefficient (Wildman–Crippen LogP) is 0.0462. The molecule has 16 heavy (non-hydrogen) atoms. The number of nitrogens with two attached hydrogens (primary N) is 1. The molecule has 0 amide bonds. The Balaban J connectivity index is 1.66. The van der Waals surface area contributed by atoms with E-state index in [1.165, 1.54) is 0 Å². The summed E-state index contributed by atoms with van der Waals surface area (Å²) in [6.45, 7) is 3.20. The maximum atomic E-state index is 5.90. The van der Waals surface area contributed by atoms with E-state index in [1.54, 1.807) is 12.4 Å². The van der Waals surface area contributed by atoms with Crippen molar-refractivity contribution in [2.24, 2.45) is 0 Å². The first-order valence-electron chi connectivity index (χ1n) is 5.66. The van der Waals surface area contributed by atoms with Gasteiger partial charge in [0.05, 0.1) is 18.1 Å². The molecular weight excluding hydrogens is 204 g/mol. The van der Waals surface area contributed by atoms with E-state index in [0.29, 0.717) is 11.9 Å². The molecule has 0 bridgehead atoms. The van der Waals surface area contributed by atoms with Gasteiger partial charge in [0.2, 0.25) is 0 Å². The third-order valence-electron chi connectivity index (χ3n) is 3.25. The quantitative estimate of drug-likeness (QED) is 0.737. The van der Waals surface area contributed by atoms with Gasteiger partial charge in [-0.15, -0.1) is 0 Å². The minimum Gasteiger partial charge on any atom is -0.487 e. The second-order valence-electron chi connectivity index (χ2n) is 4.35. The zero-order chi connectivity index (χ0) is 11.0. The first-order valence-corrected chi connectivity index (χ1v) is 5.66. The molecule has 1 aromatic heterocycles. The van der Waals surface area contributed by atoms with Crippen LogP contribution in [0, 0.1) is 0 Å². The van der Waals surface area contributed by atoms with Crippen LogP contribution in [0.15, 0.2) is 18.5 Å². The number of anilines is 1. The van der Waals surface area contributed by atoms with E-state index < -0.39 is 0 Å². The van der Waals surface area contributed by atoms with Crippen molar-refractivity contribution in [2.75, 3.05) is 25.4 Å². The van der Waals surface area contributed by atoms with Crippen LogP contribution in [-0.2, 0) is 0 Å². The summed E-state index contributed by atoms with van der Waals surface area (Å²) in [5.41, 5.74) is 6.41. The molecule has 3 heterocycles. The van der Waals surface area contributed by atoms with Crippen molar-refractivity contribution in [3.05, 3.63) is 18.5 Å². The van der Waals surface area contributed by atoms with Crippen molar-refractivity contribution < 1.29 is 4.74 Å². The van der Waals surface area contributed by atoms with Gasteiger partial charge in [-0.3, -0.25) is 9.88 Å². The molecule has 2 atom stereocenters. The zero-order valence-electron chi connectivity index (χ0n) is 9.10. The van der Waals surface area contributed by atoms with Gasteiger partial charge in [0.1, 0.15) is 11.9 Å². The number of fused-ring (bicyclic) bond motifs is 1. The second-order valence-corrected chi connectivity index (χ2v) is 4.35. The molecule has 1 aromatic rings. The highest BCUT2D eigenvalue weighted by Crippen LogP contribution is 2.26. The maximum Gasteiger partial charge on any atom is 0.145 e. The molecule has 2 aliphatic heterocycles. The van der Waals surface area contributed by atoms with Crippen LogP contribution in [0.2, 0.25) is 0 Å². The minimum atomic E-state index is 0.238. The van der Waals surface area contributed by atoms with Gasteiger partial charge < -0.3 is 15.8 Å². The summed E-state index contributed by atoms with van der Waals surface area (Å²) in [4.78, 5) is 6.37. The Morgan fingerprint density at radius 1 is 1.56 bits per heavy atom. The zero-order valence-corrected chi connectivity index (χ0v) is 9.10. The van der Waals surface area contributed by atoms with Crippen LogP contribution in [0.5, 0.6) is 5.75 Å². The highest BCUT2D eigenvalue weighted by Gasteiger charge is 2.36. The number of nitrogen functional groups attached to an aromatic ring is 1. The molecule has 5 heteroatoms. The van der Waals surface area contributed by atoms with Crippen molar-refractivity contribution in [3.8, 4) is 5.75 Å². The van der Waals surface area contributed by atoms with E-state index in [0.717, 1.165) is 31.8 Å². The van der Waals surface area contributed by atoms with Crippen molar-refractivity contribution in [3.63, 3.8) is 0 Å². The largest absolute Gasteiger partial charge is 0.487 e. The molecule has 0 saturated carbocycles. The van der Waals surface area contributed by atoms with E-state index in [-0.39, 0.29) is 6.10 Å². The lowest BCUT2D eigenvalue weighted by Gasteiger charge is -2.15. The van der Waals surface area contributed by atoms with Crippen LogP contribution < -0.4 is 15.8 Å². The fraction of sp³-hybridized carbons (Fsp3) is 0.545. The van der Waals surface area contributed by atoms with Crippen LogP contribution in [0.1, 0.15) is 6.42 Å². The predicted molar refractivity (Wildman–Crippen MR) is 61.0 cm³/mol. The summed E-state index contributed by atoms with van der Waals surface area (Å²) in [7, 11) is 0.